The van der Waals surface area contributed by atoms with Crippen molar-refractivity contribution in [3.05, 3.63) is 84.8 Å². The topological polar surface area (TPSA) is 84.0 Å². The van der Waals surface area contributed by atoms with E-state index in [-0.39, 0.29) is 5.75 Å². The Labute approximate surface area is 185 Å². The van der Waals surface area contributed by atoms with Gasteiger partial charge in [-0.05, 0) is 60.2 Å². The number of hydrogen-bond donors (Lipinski definition) is 3. The van der Waals surface area contributed by atoms with E-state index in [2.05, 4.69) is 20.6 Å². The molecule has 0 fully saturated rings. The van der Waals surface area contributed by atoms with Crippen LogP contribution in [0.15, 0.2) is 79.3 Å². The van der Waals surface area contributed by atoms with Crippen molar-refractivity contribution in [2.45, 2.75) is 6.50 Å². The molecule has 3 N–H and O–H groups in total. The van der Waals surface area contributed by atoms with Gasteiger partial charge in [0.1, 0.15) is 11.4 Å². The molecule has 7 heteroatoms. The minimum Gasteiger partial charge on any atom is -0.497 e. The number of hydrogen-bond acceptors (Lipinski definition) is 3. The first-order valence-corrected chi connectivity index (χ1v) is 9.52. The lowest BCUT2D eigenvalue weighted by molar-refractivity contribution is 0.262. The lowest BCUT2D eigenvalue weighted by Crippen LogP contribution is -2.19. The highest BCUT2D eigenvalue weighted by Crippen LogP contribution is 2.27. The highest BCUT2D eigenvalue weighted by Gasteiger charge is 2.11. The fourth-order valence-electron chi connectivity index (χ4n) is 3.44. The van der Waals surface area contributed by atoms with Crippen LogP contribution in [0.5, 0.6) is 5.75 Å². The molecule has 0 saturated carbocycles. The summed E-state index contributed by atoms with van der Waals surface area (Å²) in [5.41, 5.74) is 2.60. The smallest absolute Gasteiger partial charge is 0.323 e. The lowest BCUT2D eigenvalue weighted by Gasteiger charge is -2.10. The van der Waals surface area contributed by atoms with Gasteiger partial charge in [-0.1, -0.05) is 6.07 Å². The molecule has 0 atom stereocenters. The Morgan fingerprint density at radius 3 is 2.90 bits per heavy atom. The van der Waals surface area contributed by atoms with Crippen LogP contribution in [-0.2, 0) is 6.50 Å². The Bertz CT molecular complexity index is 1560. The normalized spacial score (nSPS) is 14.3. The fraction of sp³-hybridized carbons (Fsp3) is 0.0833. The van der Waals surface area contributed by atoms with Crippen molar-refractivity contribution in [2.24, 2.45) is 0 Å². The maximum Gasteiger partial charge on any atom is 0.323 e. The number of urea groups is 1. The number of nitrogens with one attached hydrogen (secondary N) is 3. The number of methoxy groups -OCH3 is 1. The van der Waals surface area contributed by atoms with E-state index in [1.54, 1.807) is 48.9 Å². The predicted molar refractivity (Wildman–Crippen MR) is 123 cm³/mol. The van der Waals surface area contributed by atoms with Gasteiger partial charge in [-0.2, -0.15) is 0 Å². The van der Waals surface area contributed by atoms with Gasteiger partial charge in [-0.3, -0.25) is 0 Å². The number of aromatic amines is 1. The molecule has 0 radical (unpaired) electrons. The molecular formula is C24H21N5O2. The van der Waals surface area contributed by atoms with Crippen LogP contribution >= 0.6 is 0 Å². The van der Waals surface area contributed by atoms with Crippen LogP contribution in [-0.4, -0.2) is 27.6 Å². The third-order valence-corrected chi connectivity index (χ3v) is 4.90. The Hall–Kier alpha value is -4.26. The van der Waals surface area contributed by atoms with Crippen LogP contribution < -0.4 is 15.4 Å². The number of anilines is 2. The highest BCUT2D eigenvalue weighted by molar-refractivity contribution is 6.05. The van der Waals surface area contributed by atoms with Crippen molar-refractivity contribution in [1.29, 1.82) is 0 Å². The number of aromatic nitrogens is 3. The SMILES string of the molecule is [2H]C([2H])([2H])Oc1ccc(NC(=O)Nc2cccc3c2ccn3C([2H])([2H])c2c[nH]c3ncccc23)cc1. The Balaban J connectivity index is 1.37. The second-order valence-corrected chi connectivity index (χ2v) is 6.84. The maximum atomic E-state index is 12.6. The number of carbonyl (C=O) groups excluding carboxylic acids is 1. The van der Waals surface area contributed by atoms with Crippen molar-refractivity contribution in [1.82, 2.24) is 14.5 Å². The molecule has 5 aromatic rings. The van der Waals surface area contributed by atoms with Crippen molar-refractivity contribution < 1.29 is 16.4 Å². The van der Waals surface area contributed by atoms with Crippen LogP contribution in [0.2, 0.25) is 0 Å². The van der Waals surface area contributed by atoms with Crippen molar-refractivity contribution in [3.63, 3.8) is 0 Å². The third-order valence-electron chi connectivity index (χ3n) is 4.90. The third kappa shape index (κ3) is 3.69. The molecule has 3 aromatic heterocycles. The molecule has 31 heavy (non-hydrogen) atoms. The van der Waals surface area contributed by atoms with Gasteiger partial charge in [0.15, 0.2) is 0 Å². The van der Waals surface area contributed by atoms with Gasteiger partial charge in [0.2, 0.25) is 0 Å². The molecule has 3 heterocycles. The zero-order valence-electron chi connectivity index (χ0n) is 21.2. The van der Waals surface area contributed by atoms with E-state index in [1.165, 1.54) is 28.8 Å². The second kappa shape index (κ2) is 7.87. The molecule has 0 unspecified atom stereocenters. The number of amides is 2. The van der Waals surface area contributed by atoms with Gasteiger partial charge in [0.05, 0.1) is 25.1 Å². The number of pyridine rings is 1. The number of nitrogens with zero attached hydrogens (tertiary/aromatic N) is 2. The lowest BCUT2D eigenvalue weighted by atomic mass is 10.2. The van der Waals surface area contributed by atoms with E-state index < -0.39 is 19.6 Å². The minimum absolute atomic E-state index is 0.160. The zero-order chi connectivity index (χ0) is 25.5. The van der Waals surface area contributed by atoms with Gasteiger partial charge in [0, 0.05) is 41.5 Å². The minimum atomic E-state index is -2.55. The van der Waals surface area contributed by atoms with Gasteiger partial charge in [-0.15, -0.1) is 0 Å². The maximum absolute atomic E-state index is 12.6. The molecule has 0 bridgehead atoms. The van der Waals surface area contributed by atoms with Crippen LogP contribution in [0, 0.1) is 0 Å². The highest BCUT2D eigenvalue weighted by atomic mass is 16.5. The molecule has 0 aliphatic carbocycles. The number of H-pyrrole nitrogens is 1. The van der Waals surface area contributed by atoms with Crippen LogP contribution in [0.25, 0.3) is 21.9 Å². The van der Waals surface area contributed by atoms with Crippen molar-refractivity contribution in [2.75, 3.05) is 17.7 Å². The Kier molecular flexibility index (Phi) is 3.52. The molecule has 5 rings (SSSR count). The van der Waals surface area contributed by atoms with E-state index in [1.807, 2.05) is 6.07 Å². The van der Waals surface area contributed by atoms with E-state index >= 15 is 0 Å². The molecule has 0 spiro atoms. The Morgan fingerprint density at radius 1 is 1.13 bits per heavy atom. The summed E-state index contributed by atoms with van der Waals surface area (Å²) in [5, 5.41) is 6.83. The Morgan fingerprint density at radius 2 is 2.03 bits per heavy atom. The van der Waals surface area contributed by atoms with Crippen LogP contribution in [0.3, 0.4) is 0 Å². The molecule has 2 amide bonds. The molecule has 0 aliphatic heterocycles. The fourth-order valence-corrected chi connectivity index (χ4v) is 3.44. The number of carbonyl (C=O) groups is 1. The summed E-state index contributed by atoms with van der Waals surface area (Å²) in [5.74, 6) is 0.160. The van der Waals surface area contributed by atoms with Crippen molar-refractivity contribution in [3.8, 4) is 5.75 Å². The first kappa shape index (κ1) is 13.9. The van der Waals surface area contributed by atoms with E-state index in [4.69, 9.17) is 11.6 Å². The van der Waals surface area contributed by atoms with Crippen molar-refractivity contribution >= 4 is 39.3 Å². The summed E-state index contributed by atoms with van der Waals surface area (Å²) < 4.78 is 45.5. The molecule has 0 aliphatic rings. The molecule has 7 nitrogen and oxygen atoms in total. The standard InChI is InChI=1S/C24H21N5O2/c1-31-18-9-7-17(8-10-18)27-24(30)28-21-5-2-6-22-20(21)11-13-29(22)15-16-14-26-23-19(16)4-3-12-25-23/h2-14H,15H2,1H3,(H,25,26)(H2,27,28,30)/i1D3,15D2. The zero-order valence-corrected chi connectivity index (χ0v) is 16.2. The van der Waals surface area contributed by atoms with Gasteiger partial charge in [-0.25, -0.2) is 9.78 Å². The summed E-state index contributed by atoms with van der Waals surface area (Å²) in [6.07, 6.45) is 4.91. The summed E-state index contributed by atoms with van der Waals surface area (Å²) in [4.78, 5) is 19.9. The number of ether oxygens (including phenoxy) is 1. The summed E-state index contributed by atoms with van der Waals surface area (Å²) >= 11 is 0. The van der Waals surface area contributed by atoms with E-state index in [9.17, 15) is 4.79 Å². The summed E-state index contributed by atoms with van der Waals surface area (Å²) in [6, 6.07) is 16.0. The van der Waals surface area contributed by atoms with Crippen LogP contribution in [0.4, 0.5) is 16.2 Å². The molecular weight excluding hydrogens is 390 g/mol. The predicted octanol–water partition coefficient (Wildman–Crippen LogP) is 5.22. The average molecular weight is 416 g/mol. The van der Waals surface area contributed by atoms with E-state index in [0.717, 1.165) is 0 Å². The first-order valence-electron chi connectivity index (χ1n) is 12.0. The molecule has 2 aromatic carbocycles. The first-order chi connectivity index (χ1) is 17.1. The van der Waals surface area contributed by atoms with Gasteiger partial charge < -0.3 is 24.9 Å². The second-order valence-electron chi connectivity index (χ2n) is 6.84. The monoisotopic (exact) mass is 416 g/mol. The average Bonchev–Trinajstić information content (AvgIpc) is 3.45. The van der Waals surface area contributed by atoms with E-state index in [0.29, 0.717) is 38.9 Å². The molecule has 154 valence electrons. The molecule has 0 saturated heterocycles. The quantitative estimate of drug-likeness (QED) is 0.367. The summed E-state index contributed by atoms with van der Waals surface area (Å²) in [6.45, 7) is -1.89. The number of benzene rings is 2. The van der Waals surface area contributed by atoms with Gasteiger partial charge in [0.25, 0.3) is 0 Å². The van der Waals surface area contributed by atoms with Gasteiger partial charge >= 0.3 is 6.03 Å². The largest absolute Gasteiger partial charge is 0.497 e. The number of fused-ring (bicyclic) bond motifs is 2. The number of rotatable bonds is 5. The summed E-state index contributed by atoms with van der Waals surface area (Å²) in [7, 11) is -2.55. The van der Waals surface area contributed by atoms with Crippen LogP contribution in [0.1, 0.15) is 12.4 Å².